The summed E-state index contributed by atoms with van der Waals surface area (Å²) in [4.78, 5) is 11.5. The lowest BCUT2D eigenvalue weighted by atomic mass is 10.2. The maximum atomic E-state index is 5.69. The van der Waals surface area contributed by atoms with Gasteiger partial charge in [-0.3, -0.25) is 0 Å². The predicted octanol–water partition coefficient (Wildman–Crippen LogP) is 1.95. The zero-order chi connectivity index (χ0) is 11.4. The first-order valence-corrected chi connectivity index (χ1v) is 5.27. The van der Waals surface area contributed by atoms with E-state index in [2.05, 4.69) is 27.2 Å². The molecule has 0 saturated carbocycles. The van der Waals surface area contributed by atoms with Crippen LogP contribution in [0.3, 0.4) is 0 Å². The SMILES string of the molecule is CCC(Nc1cc(N)ccn1)c1ncc[nH]1. The molecule has 0 saturated heterocycles. The summed E-state index contributed by atoms with van der Waals surface area (Å²) in [7, 11) is 0. The number of aromatic nitrogens is 3. The third-order valence-corrected chi connectivity index (χ3v) is 2.36. The first-order chi connectivity index (χ1) is 7.79. The number of aromatic amines is 1. The van der Waals surface area contributed by atoms with Crippen LogP contribution in [0.1, 0.15) is 25.2 Å². The van der Waals surface area contributed by atoms with E-state index in [1.54, 1.807) is 18.5 Å². The van der Waals surface area contributed by atoms with E-state index in [4.69, 9.17) is 5.73 Å². The van der Waals surface area contributed by atoms with E-state index in [0.717, 1.165) is 18.1 Å². The highest BCUT2D eigenvalue weighted by Gasteiger charge is 2.11. The van der Waals surface area contributed by atoms with Gasteiger partial charge in [0, 0.05) is 30.3 Å². The molecule has 0 spiro atoms. The van der Waals surface area contributed by atoms with Crippen molar-refractivity contribution in [2.75, 3.05) is 11.1 Å². The molecular weight excluding hydrogens is 202 g/mol. The zero-order valence-electron chi connectivity index (χ0n) is 9.14. The van der Waals surface area contributed by atoms with Crippen molar-refractivity contribution >= 4 is 11.5 Å². The standard InChI is InChI=1S/C11H15N5/c1-2-9(11-14-5-6-15-11)16-10-7-8(12)3-4-13-10/h3-7,9H,2H2,1H3,(H,14,15)(H3,12,13,16). The van der Waals surface area contributed by atoms with Crippen LogP contribution in [-0.4, -0.2) is 15.0 Å². The van der Waals surface area contributed by atoms with E-state index in [-0.39, 0.29) is 6.04 Å². The molecule has 5 nitrogen and oxygen atoms in total. The molecule has 0 bridgehead atoms. The van der Waals surface area contributed by atoms with Gasteiger partial charge in [0.2, 0.25) is 0 Å². The van der Waals surface area contributed by atoms with Gasteiger partial charge >= 0.3 is 0 Å². The third-order valence-electron chi connectivity index (χ3n) is 2.36. The minimum atomic E-state index is 0.129. The third kappa shape index (κ3) is 2.31. The molecule has 0 fully saturated rings. The first kappa shape index (κ1) is 10.5. The normalized spacial score (nSPS) is 12.3. The molecule has 1 atom stereocenters. The molecule has 0 radical (unpaired) electrons. The predicted molar refractivity (Wildman–Crippen MR) is 63.9 cm³/mol. The maximum Gasteiger partial charge on any atom is 0.128 e. The number of imidazole rings is 1. The summed E-state index contributed by atoms with van der Waals surface area (Å²) in [5, 5.41) is 3.29. The van der Waals surface area contributed by atoms with Crippen LogP contribution in [0.5, 0.6) is 0 Å². The quantitative estimate of drug-likeness (QED) is 0.731. The molecule has 2 heterocycles. The Morgan fingerprint density at radius 1 is 1.44 bits per heavy atom. The largest absolute Gasteiger partial charge is 0.399 e. The fourth-order valence-electron chi connectivity index (χ4n) is 1.54. The van der Waals surface area contributed by atoms with Gasteiger partial charge in [0.1, 0.15) is 11.6 Å². The maximum absolute atomic E-state index is 5.69. The molecule has 2 aromatic heterocycles. The molecule has 16 heavy (non-hydrogen) atoms. The van der Waals surface area contributed by atoms with Gasteiger partial charge in [0.25, 0.3) is 0 Å². The number of anilines is 2. The van der Waals surface area contributed by atoms with Crippen LogP contribution in [0.2, 0.25) is 0 Å². The van der Waals surface area contributed by atoms with E-state index in [9.17, 15) is 0 Å². The van der Waals surface area contributed by atoms with Crippen molar-refractivity contribution in [3.63, 3.8) is 0 Å². The van der Waals surface area contributed by atoms with Crippen molar-refractivity contribution in [1.29, 1.82) is 0 Å². The molecule has 0 aliphatic rings. The van der Waals surface area contributed by atoms with E-state index in [1.807, 2.05) is 12.3 Å². The number of H-pyrrole nitrogens is 1. The molecular formula is C11H15N5. The lowest BCUT2D eigenvalue weighted by molar-refractivity contribution is 0.700. The number of hydrogen-bond donors (Lipinski definition) is 3. The Kier molecular flexibility index (Phi) is 3.05. The summed E-state index contributed by atoms with van der Waals surface area (Å²) < 4.78 is 0. The Hall–Kier alpha value is -2.04. The van der Waals surface area contributed by atoms with E-state index < -0.39 is 0 Å². The summed E-state index contributed by atoms with van der Waals surface area (Å²) in [6.07, 6.45) is 6.16. The highest BCUT2D eigenvalue weighted by molar-refractivity contribution is 5.49. The number of nitrogen functional groups attached to an aromatic ring is 1. The lowest BCUT2D eigenvalue weighted by Crippen LogP contribution is -2.12. The highest BCUT2D eigenvalue weighted by Crippen LogP contribution is 2.18. The lowest BCUT2D eigenvalue weighted by Gasteiger charge is -2.15. The van der Waals surface area contributed by atoms with Crippen LogP contribution < -0.4 is 11.1 Å². The molecule has 0 amide bonds. The molecule has 1 unspecified atom stereocenters. The van der Waals surface area contributed by atoms with Gasteiger partial charge in [-0.15, -0.1) is 0 Å². The summed E-state index contributed by atoms with van der Waals surface area (Å²) in [6, 6.07) is 3.70. The van der Waals surface area contributed by atoms with Crippen molar-refractivity contribution < 1.29 is 0 Å². The molecule has 5 heteroatoms. The van der Waals surface area contributed by atoms with Gasteiger partial charge < -0.3 is 16.0 Å². The van der Waals surface area contributed by atoms with Crippen LogP contribution in [0, 0.1) is 0 Å². The second kappa shape index (κ2) is 4.65. The van der Waals surface area contributed by atoms with Crippen LogP contribution in [0.4, 0.5) is 11.5 Å². The van der Waals surface area contributed by atoms with E-state index in [0.29, 0.717) is 5.69 Å². The monoisotopic (exact) mass is 217 g/mol. The van der Waals surface area contributed by atoms with Crippen molar-refractivity contribution in [2.45, 2.75) is 19.4 Å². The fourth-order valence-corrected chi connectivity index (χ4v) is 1.54. The minimum absolute atomic E-state index is 0.129. The van der Waals surface area contributed by atoms with Crippen molar-refractivity contribution in [3.05, 3.63) is 36.5 Å². The Balaban J connectivity index is 2.13. The van der Waals surface area contributed by atoms with Crippen molar-refractivity contribution in [1.82, 2.24) is 15.0 Å². The topological polar surface area (TPSA) is 79.6 Å². The number of hydrogen-bond acceptors (Lipinski definition) is 4. The van der Waals surface area contributed by atoms with E-state index in [1.165, 1.54) is 0 Å². The van der Waals surface area contributed by atoms with Gasteiger partial charge in [-0.1, -0.05) is 6.92 Å². The molecule has 2 aromatic rings. The smallest absolute Gasteiger partial charge is 0.128 e. The molecule has 0 aromatic carbocycles. The fraction of sp³-hybridized carbons (Fsp3) is 0.273. The molecule has 84 valence electrons. The number of nitrogens with two attached hydrogens (primary N) is 1. The molecule has 4 N–H and O–H groups in total. The summed E-state index contributed by atoms with van der Waals surface area (Å²) in [6.45, 7) is 2.09. The van der Waals surface area contributed by atoms with Gasteiger partial charge in [-0.05, 0) is 12.5 Å². The second-order valence-corrected chi connectivity index (χ2v) is 3.55. The number of pyridine rings is 1. The van der Waals surface area contributed by atoms with Crippen molar-refractivity contribution in [3.8, 4) is 0 Å². The van der Waals surface area contributed by atoms with Crippen molar-refractivity contribution in [2.24, 2.45) is 0 Å². The summed E-state index contributed by atoms with van der Waals surface area (Å²) in [5.74, 6) is 1.68. The van der Waals surface area contributed by atoms with E-state index >= 15 is 0 Å². The molecule has 0 aliphatic heterocycles. The van der Waals surface area contributed by atoms with Crippen LogP contribution in [0.25, 0.3) is 0 Å². The van der Waals surface area contributed by atoms with Crippen LogP contribution in [-0.2, 0) is 0 Å². The average Bonchev–Trinajstić information content (AvgIpc) is 2.79. The van der Waals surface area contributed by atoms with Gasteiger partial charge in [-0.25, -0.2) is 9.97 Å². The number of nitrogens with zero attached hydrogens (tertiary/aromatic N) is 2. The highest BCUT2D eigenvalue weighted by atomic mass is 15.1. The average molecular weight is 217 g/mol. The first-order valence-electron chi connectivity index (χ1n) is 5.27. The number of rotatable bonds is 4. The summed E-state index contributed by atoms with van der Waals surface area (Å²) >= 11 is 0. The molecule has 2 rings (SSSR count). The van der Waals surface area contributed by atoms with Gasteiger partial charge in [0.05, 0.1) is 6.04 Å². The van der Waals surface area contributed by atoms with Crippen LogP contribution in [0.15, 0.2) is 30.7 Å². The minimum Gasteiger partial charge on any atom is -0.399 e. The second-order valence-electron chi connectivity index (χ2n) is 3.55. The molecule has 0 aliphatic carbocycles. The van der Waals surface area contributed by atoms with Gasteiger partial charge in [0.15, 0.2) is 0 Å². The summed E-state index contributed by atoms with van der Waals surface area (Å²) in [5.41, 5.74) is 6.39. The Bertz CT molecular complexity index is 437. The Morgan fingerprint density at radius 3 is 2.94 bits per heavy atom. The zero-order valence-corrected chi connectivity index (χ0v) is 9.14. The Labute approximate surface area is 94.1 Å². The van der Waals surface area contributed by atoms with Gasteiger partial charge in [-0.2, -0.15) is 0 Å². The number of nitrogens with one attached hydrogen (secondary N) is 2. The van der Waals surface area contributed by atoms with Crippen LogP contribution >= 0.6 is 0 Å². The Morgan fingerprint density at radius 2 is 2.31 bits per heavy atom.